The molecule has 0 aliphatic heterocycles. The minimum absolute atomic E-state index is 0. The predicted molar refractivity (Wildman–Crippen MR) is 93.1 cm³/mol. The Bertz CT molecular complexity index is 258. The van der Waals surface area contributed by atoms with Crippen LogP contribution in [0.3, 0.4) is 0 Å². The van der Waals surface area contributed by atoms with Gasteiger partial charge in [-0.1, -0.05) is 27.7 Å². The molecule has 0 heterocycles. The van der Waals surface area contributed by atoms with Crippen molar-refractivity contribution in [2.24, 2.45) is 11.8 Å². The number of nitrogens with one attached hydrogen (secondary N) is 2. The maximum atomic E-state index is 10.5. The van der Waals surface area contributed by atoms with Crippen LogP contribution in [-0.4, -0.2) is 27.9 Å². The van der Waals surface area contributed by atoms with Gasteiger partial charge in [-0.25, -0.2) is 16.9 Å². The second-order valence-electron chi connectivity index (χ2n) is 3.02. The standard InChI is InChI=1S/C5H10NO2P.C4H8NO2P.2C2H6.2K.W/c1-3(4(2)9)5(7)6-8;1-3(2-8)4(6)5-7;2*1-2;;;/h3-4,8H,1-2,9H2,(H,6,7);2-3,7H,1,8H2,(H,5,6);2*1-2H3;;;/q2*-2;;;2*+1;/t3?,4-;3-;;;;;/m00...../s1. The molecule has 3 unspecified atom stereocenters. The minimum atomic E-state index is -0.514. The van der Waals surface area contributed by atoms with Crippen LogP contribution in [0.2, 0.25) is 0 Å². The van der Waals surface area contributed by atoms with E-state index in [9.17, 15) is 9.59 Å². The van der Waals surface area contributed by atoms with Crippen molar-refractivity contribution in [1.29, 1.82) is 0 Å². The molecule has 4 N–H and O–H groups in total. The van der Waals surface area contributed by atoms with Crippen LogP contribution in [0.15, 0.2) is 0 Å². The molecule has 11 heteroatoms. The molecule has 0 aliphatic carbocycles. The van der Waals surface area contributed by atoms with Crippen LogP contribution in [0.1, 0.15) is 27.7 Å². The van der Waals surface area contributed by atoms with E-state index in [2.05, 4.69) is 39.3 Å². The van der Waals surface area contributed by atoms with Crippen molar-refractivity contribution in [3.8, 4) is 0 Å². The maximum Gasteiger partial charge on any atom is 1.00 e. The van der Waals surface area contributed by atoms with Crippen molar-refractivity contribution >= 4 is 30.3 Å². The van der Waals surface area contributed by atoms with Gasteiger partial charge in [-0.3, -0.25) is 20.0 Å². The molecule has 0 rings (SSSR count). The Labute approximate surface area is 252 Å². The molecule has 0 aromatic rings. The Morgan fingerprint density at radius 1 is 0.958 bits per heavy atom. The molecular formula is C13H30K2N2O4P2W-2. The molecule has 0 aliphatic rings. The van der Waals surface area contributed by atoms with Crippen LogP contribution in [-0.2, 0) is 30.7 Å². The van der Waals surface area contributed by atoms with Gasteiger partial charge in [0.2, 0.25) is 5.91 Å². The van der Waals surface area contributed by atoms with E-state index in [1.807, 2.05) is 27.7 Å². The summed E-state index contributed by atoms with van der Waals surface area (Å²) in [7, 11) is 4.56. The quantitative estimate of drug-likeness (QED) is 0.0870. The summed E-state index contributed by atoms with van der Waals surface area (Å²) in [6, 6.07) is 0. The fourth-order valence-electron chi connectivity index (χ4n) is 0.448. The molecule has 0 aromatic carbocycles. The average Bonchev–Trinajstić information content (AvgIpc) is 2.55. The van der Waals surface area contributed by atoms with Crippen LogP contribution in [0, 0.1) is 38.8 Å². The summed E-state index contributed by atoms with van der Waals surface area (Å²) in [5, 5.41) is 16.0. The van der Waals surface area contributed by atoms with Crippen molar-refractivity contribution in [2.45, 2.75) is 33.4 Å². The third kappa shape index (κ3) is 33.3. The van der Waals surface area contributed by atoms with Gasteiger partial charge in [0, 0.05) is 21.1 Å². The van der Waals surface area contributed by atoms with E-state index in [-0.39, 0.29) is 129 Å². The number of hydroxylamine groups is 2. The second kappa shape index (κ2) is 37.4. The summed E-state index contributed by atoms with van der Waals surface area (Å²) in [6.45, 7) is 18.4. The summed E-state index contributed by atoms with van der Waals surface area (Å²) < 4.78 is 0. The molecule has 136 valence electrons. The normalized spacial score (nSPS) is 11.0. The van der Waals surface area contributed by atoms with Crippen molar-refractivity contribution in [3.05, 3.63) is 26.9 Å². The maximum absolute atomic E-state index is 10.5. The molecule has 0 spiro atoms. The van der Waals surface area contributed by atoms with Gasteiger partial charge in [0.1, 0.15) is 0 Å². The second-order valence-corrected chi connectivity index (χ2v) is 4.26. The molecule has 6 nitrogen and oxygen atoms in total. The molecule has 2 amide bonds. The molecule has 0 bridgehead atoms. The van der Waals surface area contributed by atoms with Gasteiger partial charge in [0.25, 0.3) is 0 Å². The Morgan fingerprint density at radius 2 is 1.25 bits per heavy atom. The van der Waals surface area contributed by atoms with Gasteiger partial charge in [-0.2, -0.15) is 14.9 Å². The number of carbonyl (C=O) groups is 2. The molecule has 0 aromatic heterocycles. The van der Waals surface area contributed by atoms with Crippen molar-refractivity contribution in [1.82, 2.24) is 11.0 Å². The number of rotatable bonds is 4. The van der Waals surface area contributed by atoms with Gasteiger partial charge >= 0.3 is 103 Å². The summed E-state index contributed by atoms with van der Waals surface area (Å²) in [5.41, 5.74) is 2.79. The monoisotopic (exact) mass is 602 g/mol. The summed E-state index contributed by atoms with van der Waals surface area (Å²) >= 11 is 0. The van der Waals surface area contributed by atoms with Crippen molar-refractivity contribution in [3.63, 3.8) is 0 Å². The van der Waals surface area contributed by atoms with Gasteiger partial charge in [-0.15, -0.1) is 5.92 Å². The van der Waals surface area contributed by atoms with E-state index in [1.54, 1.807) is 0 Å². The zero-order valence-electron chi connectivity index (χ0n) is 15.7. The first-order chi connectivity index (χ1) is 9.81. The zero-order chi connectivity index (χ0) is 18.0. The zero-order valence-corrected chi connectivity index (χ0v) is 27.2. The van der Waals surface area contributed by atoms with Gasteiger partial charge in [0.15, 0.2) is 5.91 Å². The number of hydrogen-bond donors (Lipinski definition) is 4. The fourth-order valence-corrected chi connectivity index (χ4v) is 0.797. The predicted octanol–water partition coefficient (Wildman–Crippen LogP) is -3.94. The van der Waals surface area contributed by atoms with E-state index in [4.69, 9.17) is 10.4 Å². The smallest absolute Gasteiger partial charge is 0.360 e. The topological polar surface area (TPSA) is 98.7 Å². The first-order valence-electron chi connectivity index (χ1n) is 6.49. The molecule has 24 heavy (non-hydrogen) atoms. The molecule has 0 saturated heterocycles. The van der Waals surface area contributed by atoms with Crippen LogP contribution in [0.5, 0.6) is 0 Å². The minimum Gasteiger partial charge on any atom is -0.360 e. The third-order valence-corrected chi connectivity index (χ3v) is 2.57. The number of hydrogen-bond acceptors (Lipinski definition) is 4. The van der Waals surface area contributed by atoms with E-state index in [0.717, 1.165) is 0 Å². The summed E-state index contributed by atoms with van der Waals surface area (Å²) in [4.78, 5) is 20.8. The van der Waals surface area contributed by atoms with Gasteiger partial charge < -0.3 is 36.2 Å². The Kier molecular flexibility index (Phi) is 71.9. The Hall–Kier alpha value is 3.68. The SMILES string of the molecule is CC.CC.[CH2-]C(C(=O)NO)[C@H]([CH2-])P.[CH2-][C@@H]([CH-]P)C(=O)NO.[K+].[K+].[W]. The van der Waals surface area contributed by atoms with Crippen LogP contribution in [0.4, 0.5) is 0 Å². The first-order valence-corrected chi connectivity index (χ1v) is 7.82. The van der Waals surface area contributed by atoms with Gasteiger partial charge in [-0.05, 0) is 0 Å². The van der Waals surface area contributed by atoms with E-state index < -0.39 is 23.7 Å². The average molecular weight is 602 g/mol. The number of amides is 2. The van der Waals surface area contributed by atoms with Crippen LogP contribution in [0.25, 0.3) is 0 Å². The summed E-state index contributed by atoms with van der Waals surface area (Å²) in [6.07, 6.45) is 1.51. The molecular weight excluding hydrogens is 572 g/mol. The molecule has 0 fully saturated rings. The van der Waals surface area contributed by atoms with Crippen molar-refractivity contribution < 1.29 is 144 Å². The largest absolute Gasteiger partial charge is 1.00 e. The molecule has 0 saturated carbocycles. The van der Waals surface area contributed by atoms with E-state index in [0.29, 0.717) is 0 Å². The van der Waals surface area contributed by atoms with E-state index in [1.165, 1.54) is 17.1 Å². The van der Waals surface area contributed by atoms with Crippen molar-refractivity contribution in [2.75, 3.05) is 0 Å². The van der Waals surface area contributed by atoms with E-state index >= 15 is 0 Å². The number of carbonyl (C=O) groups excluding carboxylic acids is 2. The Balaban J connectivity index is -0.0000000361. The first kappa shape index (κ1) is 46.1. The third-order valence-electron chi connectivity index (χ3n) is 1.64. The fraction of sp³-hybridized carbons (Fsp3) is 0.538. The van der Waals surface area contributed by atoms with Crippen LogP contribution < -0.4 is 114 Å². The summed E-state index contributed by atoms with van der Waals surface area (Å²) in [5.74, 6) is -2.02. The molecule has 0 radical (unpaired) electrons. The van der Waals surface area contributed by atoms with Crippen LogP contribution >= 0.6 is 18.5 Å². The Morgan fingerprint density at radius 3 is 1.33 bits per heavy atom. The molecule has 5 atom stereocenters. The van der Waals surface area contributed by atoms with Gasteiger partial charge in [0.05, 0.1) is 0 Å².